The zero-order valence-electron chi connectivity index (χ0n) is 14.7. The minimum absolute atomic E-state index is 0.0515. The number of urea groups is 1. The molecule has 0 bridgehead atoms. The number of hydrogen-bond donors (Lipinski definition) is 2. The fraction of sp³-hybridized carbons (Fsp3) is 0.611. The van der Waals surface area contributed by atoms with Crippen LogP contribution in [0.15, 0.2) is 18.2 Å². The molecule has 1 aromatic rings. The van der Waals surface area contributed by atoms with E-state index in [4.69, 9.17) is 11.6 Å². The summed E-state index contributed by atoms with van der Waals surface area (Å²) in [5.41, 5.74) is 0.141. The van der Waals surface area contributed by atoms with Crippen molar-refractivity contribution < 1.29 is 9.72 Å². The molecule has 142 valence electrons. The number of carbonyl (C=O) groups is 1. The number of amides is 2. The van der Waals surface area contributed by atoms with Gasteiger partial charge in [0.15, 0.2) is 0 Å². The average molecular weight is 381 g/mol. The van der Waals surface area contributed by atoms with Crippen LogP contribution in [0, 0.1) is 16.0 Å². The van der Waals surface area contributed by atoms with Gasteiger partial charge in [-0.2, -0.15) is 0 Å². The van der Waals surface area contributed by atoms with E-state index in [-0.39, 0.29) is 22.8 Å². The van der Waals surface area contributed by atoms with Gasteiger partial charge in [0, 0.05) is 37.4 Å². The fourth-order valence-electron chi connectivity index (χ4n) is 3.90. The van der Waals surface area contributed by atoms with Crippen molar-refractivity contribution in [3.8, 4) is 0 Å². The molecule has 26 heavy (non-hydrogen) atoms. The van der Waals surface area contributed by atoms with Crippen molar-refractivity contribution in [2.75, 3.05) is 25.0 Å². The lowest BCUT2D eigenvalue weighted by atomic mass is 10.0. The summed E-state index contributed by atoms with van der Waals surface area (Å²) in [5.74, 6) is 0.850. The standard InChI is InChI=1S/C18H25ClN4O3/c19-16-6-5-15(11-17(16)23(25)26)21-18(24)20-14-7-9-22(10-8-14)12-13-3-1-2-4-13/h5-6,11,13-14H,1-4,7-10,12H2,(H2,20,21,24). The summed E-state index contributed by atoms with van der Waals surface area (Å²) >= 11 is 5.78. The maximum absolute atomic E-state index is 12.2. The second-order valence-electron chi connectivity index (χ2n) is 7.25. The highest BCUT2D eigenvalue weighted by atomic mass is 35.5. The minimum atomic E-state index is -0.564. The highest BCUT2D eigenvalue weighted by Crippen LogP contribution is 2.28. The van der Waals surface area contributed by atoms with Crippen molar-refractivity contribution in [3.63, 3.8) is 0 Å². The maximum atomic E-state index is 12.2. The van der Waals surface area contributed by atoms with Crippen LogP contribution in [0.1, 0.15) is 38.5 Å². The SMILES string of the molecule is O=C(Nc1ccc(Cl)c([N+](=O)[O-])c1)NC1CCN(CC2CCCC2)CC1. The monoisotopic (exact) mass is 380 g/mol. The van der Waals surface area contributed by atoms with Gasteiger partial charge in [0.25, 0.3) is 5.69 Å². The number of hydrogen-bond acceptors (Lipinski definition) is 4. The first kappa shape index (κ1) is 18.9. The van der Waals surface area contributed by atoms with E-state index >= 15 is 0 Å². The van der Waals surface area contributed by atoms with Gasteiger partial charge in [0.1, 0.15) is 5.02 Å². The smallest absolute Gasteiger partial charge is 0.319 e. The Morgan fingerprint density at radius 2 is 1.92 bits per heavy atom. The highest BCUT2D eigenvalue weighted by molar-refractivity contribution is 6.32. The highest BCUT2D eigenvalue weighted by Gasteiger charge is 2.24. The number of likely N-dealkylation sites (tertiary alicyclic amines) is 1. The van der Waals surface area contributed by atoms with Crippen LogP contribution < -0.4 is 10.6 Å². The number of nitro groups is 1. The van der Waals surface area contributed by atoms with Gasteiger partial charge in [-0.25, -0.2) is 4.79 Å². The van der Waals surface area contributed by atoms with E-state index in [9.17, 15) is 14.9 Å². The van der Waals surface area contributed by atoms with Gasteiger partial charge in [-0.05, 0) is 43.7 Å². The molecule has 1 aromatic carbocycles. The molecule has 1 aliphatic heterocycles. The molecule has 1 aliphatic carbocycles. The second kappa shape index (κ2) is 8.68. The molecule has 0 aromatic heterocycles. The molecule has 3 rings (SSSR count). The average Bonchev–Trinajstić information content (AvgIpc) is 3.11. The predicted molar refractivity (Wildman–Crippen MR) is 102 cm³/mol. The van der Waals surface area contributed by atoms with Crippen molar-refractivity contribution in [1.29, 1.82) is 0 Å². The zero-order valence-corrected chi connectivity index (χ0v) is 15.5. The first-order valence-corrected chi connectivity index (χ1v) is 9.63. The van der Waals surface area contributed by atoms with E-state index in [0.717, 1.165) is 31.8 Å². The van der Waals surface area contributed by atoms with Crippen molar-refractivity contribution in [2.24, 2.45) is 5.92 Å². The van der Waals surface area contributed by atoms with E-state index < -0.39 is 4.92 Å². The Kier molecular flexibility index (Phi) is 6.32. The van der Waals surface area contributed by atoms with Gasteiger partial charge in [-0.3, -0.25) is 10.1 Å². The summed E-state index contributed by atoms with van der Waals surface area (Å²) in [7, 11) is 0. The first-order chi connectivity index (χ1) is 12.5. The van der Waals surface area contributed by atoms with Gasteiger partial charge in [0.2, 0.25) is 0 Å². The molecule has 2 N–H and O–H groups in total. The molecule has 7 nitrogen and oxygen atoms in total. The number of benzene rings is 1. The molecule has 0 unspecified atom stereocenters. The van der Waals surface area contributed by atoms with Crippen LogP contribution in [0.2, 0.25) is 5.02 Å². The molecule has 2 fully saturated rings. The summed E-state index contributed by atoms with van der Waals surface area (Å²) in [6.45, 7) is 3.20. The Balaban J connectivity index is 1.44. The van der Waals surface area contributed by atoms with Gasteiger partial charge < -0.3 is 15.5 Å². The van der Waals surface area contributed by atoms with E-state index in [1.54, 1.807) is 6.07 Å². The van der Waals surface area contributed by atoms with Gasteiger partial charge in [-0.15, -0.1) is 0 Å². The van der Waals surface area contributed by atoms with Crippen LogP contribution in [-0.2, 0) is 0 Å². The molecule has 2 aliphatic rings. The van der Waals surface area contributed by atoms with Crippen molar-refractivity contribution in [2.45, 2.75) is 44.6 Å². The van der Waals surface area contributed by atoms with Crippen LogP contribution >= 0.6 is 11.6 Å². The second-order valence-corrected chi connectivity index (χ2v) is 7.65. The quantitative estimate of drug-likeness (QED) is 0.596. The zero-order chi connectivity index (χ0) is 18.5. The van der Waals surface area contributed by atoms with Crippen LogP contribution in [0.25, 0.3) is 0 Å². The summed E-state index contributed by atoms with van der Waals surface area (Å²) in [6.07, 6.45) is 7.31. The van der Waals surface area contributed by atoms with Crippen LogP contribution in [0.5, 0.6) is 0 Å². The number of halogens is 1. The molecule has 0 radical (unpaired) electrons. The van der Waals surface area contributed by atoms with Crippen LogP contribution in [0.3, 0.4) is 0 Å². The molecule has 0 spiro atoms. The molecule has 1 saturated heterocycles. The van der Waals surface area contributed by atoms with Crippen LogP contribution in [0.4, 0.5) is 16.2 Å². The third kappa shape index (κ3) is 5.08. The molecular formula is C18H25ClN4O3. The third-order valence-corrected chi connectivity index (χ3v) is 5.63. The first-order valence-electron chi connectivity index (χ1n) is 9.25. The lowest BCUT2D eigenvalue weighted by Crippen LogP contribution is -2.46. The molecule has 1 saturated carbocycles. The van der Waals surface area contributed by atoms with Gasteiger partial charge in [-0.1, -0.05) is 24.4 Å². The number of rotatable bonds is 5. The summed E-state index contributed by atoms with van der Waals surface area (Å²) < 4.78 is 0. The van der Waals surface area contributed by atoms with E-state index in [1.807, 2.05) is 0 Å². The Morgan fingerprint density at radius 1 is 1.23 bits per heavy atom. The lowest BCUT2D eigenvalue weighted by molar-refractivity contribution is -0.384. The molecule has 0 atom stereocenters. The van der Waals surface area contributed by atoms with E-state index in [0.29, 0.717) is 5.69 Å². The lowest BCUT2D eigenvalue weighted by Gasteiger charge is -2.33. The minimum Gasteiger partial charge on any atom is -0.335 e. The number of carbonyl (C=O) groups excluding carboxylic acids is 1. The number of anilines is 1. The van der Waals surface area contributed by atoms with Crippen molar-refractivity contribution in [1.82, 2.24) is 10.2 Å². The number of piperidine rings is 1. The summed E-state index contributed by atoms with van der Waals surface area (Å²) in [5, 5.41) is 16.6. The Morgan fingerprint density at radius 3 is 2.58 bits per heavy atom. The predicted octanol–water partition coefficient (Wildman–Crippen LogP) is 4.02. The van der Waals surface area contributed by atoms with E-state index in [1.165, 1.54) is 44.4 Å². The molecule has 8 heteroatoms. The Bertz CT molecular complexity index is 656. The third-order valence-electron chi connectivity index (χ3n) is 5.31. The van der Waals surface area contributed by atoms with Crippen LogP contribution in [-0.4, -0.2) is 41.5 Å². The maximum Gasteiger partial charge on any atom is 0.319 e. The number of nitrogens with one attached hydrogen (secondary N) is 2. The molecule has 2 amide bonds. The summed E-state index contributed by atoms with van der Waals surface area (Å²) in [6, 6.07) is 4.04. The van der Waals surface area contributed by atoms with Gasteiger partial charge in [0.05, 0.1) is 4.92 Å². The Labute approximate surface area is 158 Å². The van der Waals surface area contributed by atoms with Gasteiger partial charge >= 0.3 is 6.03 Å². The van der Waals surface area contributed by atoms with Crippen molar-refractivity contribution >= 4 is 29.0 Å². The number of nitro benzene ring substituents is 1. The molecule has 1 heterocycles. The topological polar surface area (TPSA) is 87.5 Å². The normalized spacial score (nSPS) is 19.4. The molecular weight excluding hydrogens is 356 g/mol. The summed E-state index contributed by atoms with van der Waals surface area (Å²) in [4.78, 5) is 25.0. The van der Waals surface area contributed by atoms with Crippen molar-refractivity contribution in [3.05, 3.63) is 33.3 Å². The largest absolute Gasteiger partial charge is 0.335 e. The Hall–Kier alpha value is -1.86. The fourth-order valence-corrected chi connectivity index (χ4v) is 4.09. The number of nitrogens with zero attached hydrogens (tertiary/aromatic N) is 2. The van der Waals surface area contributed by atoms with E-state index in [2.05, 4.69) is 15.5 Å².